The largest absolute Gasteiger partial charge is 0.379 e. The van der Waals surface area contributed by atoms with E-state index in [-0.39, 0.29) is 24.0 Å². The minimum absolute atomic E-state index is 0. The topological polar surface area (TPSA) is 57.9 Å². The lowest BCUT2D eigenvalue weighted by Crippen LogP contribution is -2.39. The van der Waals surface area contributed by atoms with Crippen molar-refractivity contribution in [3.8, 4) is 0 Å². The molecule has 172 valence electrons. The lowest BCUT2D eigenvalue weighted by atomic mass is 10.1. The zero-order valence-electron chi connectivity index (χ0n) is 19.5. The molecular weight excluding hydrogens is 503 g/mol. The predicted octanol–water partition coefficient (Wildman–Crippen LogP) is 3.20. The van der Waals surface area contributed by atoms with E-state index in [9.17, 15) is 0 Å². The van der Waals surface area contributed by atoms with Crippen LogP contribution >= 0.6 is 24.0 Å². The van der Waals surface area contributed by atoms with Crippen LogP contribution in [-0.4, -0.2) is 65.9 Å². The predicted molar refractivity (Wildman–Crippen MR) is 137 cm³/mol. The molecule has 3 rings (SSSR count). The highest BCUT2D eigenvalue weighted by Gasteiger charge is 2.16. The van der Waals surface area contributed by atoms with Crippen LogP contribution in [0.5, 0.6) is 0 Å². The van der Waals surface area contributed by atoms with Gasteiger partial charge in [0.2, 0.25) is 0 Å². The van der Waals surface area contributed by atoms with Gasteiger partial charge in [-0.1, -0.05) is 38.1 Å². The number of nitrogens with zero attached hydrogens (tertiary/aromatic N) is 5. The first-order valence-electron chi connectivity index (χ1n) is 10.8. The molecule has 1 N–H and O–H groups in total. The van der Waals surface area contributed by atoms with Gasteiger partial charge in [-0.2, -0.15) is 5.10 Å². The van der Waals surface area contributed by atoms with Crippen LogP contribution in [0.2, 0.25) is 0 Å². The van der Waals surface area contributed by atoms with Gasteiger partial charge >= 0.3 is 0 Å². The van der Waals surface area contributed by atoms with Gasteiger partial charge in [0.15, 0.2) is 5.96 Å². The Morgan fingerprint density at radius 3 is 2.52 bits per heavy atom. The molecule has 0 aliphatic carbocycles. The number of halogens is 1. The van der Waals surface area contributed by atoms with Crippen molar-refractivity contribution in [2.75, 3.05) is 40.4 Å². The molecule has 1 aromatic heterocycles. The Labute approximate surface area is 203 Å². The summed E-state index contributed by atoms with van der Waals surface area (Å²) in [6.45, 7) is 10.5. The van der Waals surface area contributed by atoms with Crippen molar-refractivity contribution in [2.24, 2.45) is 12.0 Å². The molecule has 0 bridgehead atoms. The molecule has 1 fully saturated rings. The monoisotopic (exact) mass is 540 g/mol. The maximum Gasteiger partial charge on any atom is 0.193 e. The zero-order chi connectivity index (χ0) is 21.5. The van der Waals surface area contributed by atoms with Gasteiger partial charge in [0, 0.05) is 65.6 Å². The van der Waals surface area contributed by atoms with Gasteiger partial charge in [-0.05, 0) is 17.0 Å². The van der Waals surface area contributed by atoms with E-state index in [1.165, 1.54) is 16.7 Å². The van der Waals surface area contributed by atoms with E-state index in [4.69, 9.17) is 4.74 Å². The van der Waals surface area contributed by atoms with Gasteiger partial charge in [-0.3, -0.25) is 14.6 Å². The Hall–Kier alpha value is -1.65. The summed E-state index contributed by atoms with van der Waals surface area (Å²) in [6.07, 6.45) is 2.11. The standard InChI is InChI=1S/C23H36N6O.HI/c1-18(2)22-21(16-28(5)26-22)15-27(4)23(24-3)25-14-19-8-6-7-9-20(19)17-29-10-12-30-13-11-29;/h6-9,16,18H,10-15,17H2,1-5H3,(H,24,25);1H. The van der Waals surface area contributed by atoms with Gasteiger partial charge in [0.1, 0.15) is 0 Å². The van der Waals surface area contributed by atoms with Gasteiger partial charge in [-0.25, -0.2) is 0 Å². The molecule has 0 spiro atoms. The number of benzene rings is 1. The number of hydrogen-bond acceptors (Lipinski definition) is 4. The molecular formula is C23H37IN6O. The zero-order valence-corrected chi connectivity index (χ0v) is 21.8. The van der Waals surface area contributed by atoms with Crippen LogP contribution in [0, 0.1) is 0 Å². The molecule has 8 heteroatoms. The maximum absolute atomic E-state index is 5.48. The Kier molecular flexibility index (Phi) is 10.2. The van der Waals surface area contributed by atoms with Crippen LogP contribution in [0.15, 0.2) is 35.5 Å². The summed E-state index contributed by atoms with van der Waals surface area (Å²) >= 11 is 0. The van der Waals surface area contributed by atoms with Gasteiger partial charge in [0.05, 0.1) is 18.9 Å². The van der Waals surface area contributed by atoms with Gasteiger partial charge < -0.3 is 15.0 Å². The molecule has 7 nitrogen and oxygen atoms in total. The highest BCUT2D eigenvalue weighted by molar-refractivity contribution is 14.0. The third-order valence-electron chi connectivity index (χ3n) is 5.52. The number of rotatable bonds is 7. The molecule has 0 amide bonds. The van der Waals surface area contributed by atoms with Crippen LogP contribution in [0.3, 0.4) is 0 Å². The summed E-state index contributed by atoms with van der Waals surface area (Å²) < 4.78 is 7.38. The van der Waals surface area contributed by atoms with E-state index in [1.54, 1.807) is 0 Å². The quantitative estimate of drug-likeness (QED) is 0.332. The van der Waals surface area contributed by atoms with E-state index >= 15 is 0 Å². The summed E-state index contributed by atoms with van der Waals surface area (Å²) in [7, 11) is 5.89. The first-order valence-corrected chi connectivity index (χ1v) is 10.8. The van der Waals surface area contributed by atoms with E-state index in [0.717, 1.165) is 57.6 Å². The van der Waals surface area contributed by atoms with E-state index in [1.807, 2.05) is 18.8 Å². The number of nitrogens with one attached hydrogen (secondary N) is 1. The van der Waals surface area contributed by atoms with Gasteiger partial charge in [-0.15, -0.1) is 24.0 Å². The fourth-order valence-electron chi connectivity index (χ4n) is 3.94. The lowest BCUT2D eigenvalue weighted by Gasteiger charge is -2.28. The molecule has 1 aliphatic heterocycles. The average Bonchev–Trinajstić information content (AvgIpc) is 3.10. The van der Waals surface area contributed by atoms with Crippen molar-refractivity contribution in [3.63, 3.8) is 0 Å². The number of guanidine groups is 1. The average molecular weight is 540 g/mol. The van der Waals surface area contributed by atoms with Crippen molar-refractivity contribution >= 4 is 29.9 Å². The molecule has 0 unspecified atom stereocenters. The normalized spacial score (nSPS) is 15.1. The van der Waals surface area contributed by atoms with E-state index < -0.39 is 0 Å². The van der Waals surface area contributed by atoms with Crippen LogP contribution < -0.4 is 5.32 Å². The van der Waals surface area contributed by atoms with Crippen LogP contribution in [0.4, 0.5) is 0 Å². The fourth-order valence-corrected chi connectivity index (χ4v) is 3.94. The second kappa shape index (κ2) is 12.4. The minimum atomic E-state index is 0. The molecule has 0 radical (unpaired) electrons. The van der Waals surface area contributed by atoms with E-state index in [2.05, 4.69) is 76.6 Å². The van der Waals surface area contributed by atoms with Crippen molar-refractivity contribution in [3.05, 3.63) is 52.8 Å². The van der Waals surface area contributed by atoms with Crippen molar-refractivity contribution in [1.82, 2.24) is 24.9 Å². The summed E-state index contributed by atoms with van der Waals surface area (Å²) in [5, 5.41) is 8.17. The summed E-state index contributed by atoms with van der Waals surface area (Å²) in [5.74, 6) is 1.28. The molecule has 2 aromatic rings. The van der Waals surface area contributed by atoms with Crippen molar-refractivity contribution < 1.29 is 4.74 Å². The molecule has 0 saturated carbocycles. The molecule has 1 saturated heterocycles. The first-order chi connectivity index (χ1) is 14.5. The fraction of sp³-hybridized carbons (Fsp3) is 0.565. The number of morpholine rings is 1. The smallest absolute Gasteiger partial charge is 0.193 e. The number of aliphatic imine (C=N–C) groups is 1. The Morgan fingerprint density at radius 1 is 1.19 bits per heavy atom. The van der Waals surface area contributed by atoms with Crippen LogP contribution in [0.1, 0.15) is 42.1 Å². The van der Waals surface area contributed by atoms with Crippen LogP contribution in [0.25, 0.3) is 0 Å². The SMILES string of the molecule is CN=C(NCc1ccccc1CN1CCOCC1)N(C)Cc1cn(C)nc1C(C)C.I. The summed E-state index contributed by atoms with van der Waals surface area (Å²) in [5.41, 5.74) is 5.06. The summed E-state index contributed by atoms with van der Waals surface area (Å²) in [4.78, 5) is 9.12. The molecule has 0 atom stereocenters. The molecule has 1 aromatic carbocycles. The minimum Gasteiger partial charge on any atom is -0.379 e. The Morgan fingerprint density at radius 2 is 1.87 bits per heavy atom. The Balaban J connectivity index is 0.00000341. The number of aromatic nitrogens is 2. The lowest BCUT2D eigenvalue weighted by molar-refractivity contribution is 0.0341. The second-order valence-electron chi connectivity index (χ2n) is 8.28. The number of hydrogen-bond donors (Lipinski definition) is 1. The molecule has 31 heavy (non-hydrogen) atoms. The van der Waals surface area contributed by atoms with Crippen molar-refractivity contribution in [2.45, 2.75) is 39.4 Å². The maximum atomic E-state index is 5.48. The third kappa shape index (κ3) is 7.18. The summed E-state index contributed by atoms with van der Waals surface area (Å²) in [6, 6.07) is 8.66. The second-order valence-corrected chi connectivity index (χ2v) is 8.28. The first kappa shape index (κ1) is 25.6. The van der Waals surface area contributed by atoms with Gasteiger partial charge in [0.25, 0.3) is 0 Å². The highest BCUT2D eigenvalue weighted by Crippen LogP contribution is 2.19. The van der Waals surface area contributed by atoms with Crippen molar-refractivity contribution in [1.29, 1.82) is 0 Å². The third-order valence-corrected chi connectivity index (χ3v) is 5.52. The van der Waals surface area contributed by atoms with E-state index in [0.29, 0.717) is 5.92 Å². The molecule has 2 heterocycles. The number of ether oxygens (including phenoxy) is 1. The van der Waals surface area contributed by atoms with Crippen LogP contribution in [-0.2, 0) is 31.4 Å². The Bertz CT molecular complexity index is 844. The number of aryl methyl sites for hydroxylation is 1. The highest BCUT2D eigenvalue weighted by atomic mass is 127. The molecule has 1 aliphatic rings.